The topological polar surface area (TPSA) is 80.9 Å². The van der Waals surface area contributed by atoms with Gasteiger partial charge < -0.3 is 9.84 Å². The Balaban J connectivity index is 1.97. The number of carbonyl (C=O) groups is 1. The van der Waals surface area contributed by atoms with Gasteiger partial charge in [-0.1, -0.05) is 35.2 Å². The molecule has 1 N–H and O–H groups in total. The number of aromatic nitrogens is 3. The van der Waals surface area contributed by atoms with E-state index in [2.05, 4.69) is 20.7 Å². The van der Waals surface area contributed by atoms with Crippen LogP contribution in [-0.4, -0.2) is 27.0 Å². The van der Waals surface area contributed by atoms with Crippen molar-refractivity contribution in [2.24, 2.45) is 0 Å². The van der Waals surface area contributed by atoms with Crippen molar-refractivity contribution in [3.05, 3.63) is 17.0 Å². The average Bonchev–Trinajstić information content (AvgIpc) is 2.91. The summed E-state index contributed by atoms with van der Waals surface area (Å²) in [5, 5.41) is 15.0. The van der Waals surface area contributed by atoms with E-state index in [4.69, 9.17) is 4.52 Å². The van der Waals surface area contributed by atoms with Crippen LogP contribution in [-0.2, 0) is 11.2 Å². The van der Waals surface area contributed by atoms with E-state index in [1.165, 1.54) is 11.3 Å². The highest BCUT2D eigenvalue weighted by atomic mass is 32.2. The Kier molecular flexibility index (Phi) is 4.54. The smallest absolute Gasteiger partial charge is 0.230 e. The van der Waals surface area contributed by atoms with Crippen molar-refractivity contribution in [2.75, 3.05) is 11.1 Å². The summed E-state index contributed by atoms with van der Waals surface area (Å²) >= 11 is 2.98. The van der Waals surface area contributed by atoms with Crippen molar-refractivity contribution in [1.82, 2.24) is 15.4 Å². The van der Waals surface area contributed by atoms with Gasteiger partial charge in [0.05, 0.1) is 12.1 Å². The molecule has 2 aromatic heterocycles. The van der Waals surface area contributed by atoms with E-state index in [1.54, 1.807) is 18.7 Å². The van der Waals surface area contributed by atoms with Crippen molar-refractivity contribution >= 4 is 34.1 Å². The fourth-order valence-electron chi connectivity index (χ4n) is 1.52. The molecule has 0 radical (unpaired) electrons. The van der Waals surface area contributed by atoms with E-state index in [1.807, 2.05) is 13.8 Å². The Hall–Kier alpha value is -1.41. The molecule has 19 heavy (non-hydrogen) atoms. The number of hydrogen-bond acceptors (Lipinski definition) is 7. The van der Waals surface area contributed by atoms with Gasteiger partial charge in [0.15, 0.2) is 4.34 Å². The minimum Gasteiger partial charge on any atom is -0.361 e. The van der Waals surface area contributed by atoms with E-state index in [0.29, 0.717) is 10.9 Å². The van der Waals surface area contributed by atoms with E-state index >= 15 is 0 Å². The van der Waals surface area contributed by atoms with Crippen LogP contribution in [0, 0.1) is 13.8 Å². The van der Waals surface area contributed by atoms with Crippen molar-refractivity contribution in [3.8, 4) is 0 Å². The van der Waals surface area contributed by atoms with Crippen LogP contribution in [0.1, 0.15) is 23.9 Å². The molecule has 2 aromatic rings. The van der Waals surface area contributed by atoms with Gasteiger partial charge in [-0.25, -0.2) is 0 Å². The van der Waals surface area contributed by atoms with E-state index < -0.39 is 0 Å². The van der Waals surface area contributed by atoms with Crippen LogP contribution in [0.15, 0.2) is 8.86 Å². The first-order valence-electron chi connectivity index (χ1n) is 5.78. The summed E-state index contributed by atoms with van der Waals surface area (Å²) in [4.78, 5) is 11.9. The SMILES string of the molecule is CCSc1nnc(NC(=O)Cc2c(C)noc2C)s1. The van der Waals surface area contributed by atoms with Crippen LogP contribution < -0.4 is 5.32 Å². The molecular formula is C11H14N4O2S2. The molecule has 0 unspecified atom stereocenters. The number of hydrogen-bond donors (Lipinski definition) is 1. The fraction of sp³-hybridized carbons (Fsp3) is 0.455. The highest BCUT2D eigenvalue weighted by molar-refractivity contribution is 8.01. The van der Waals surface area contributed by atoms with Gasteiger partial charge in [-0.2, -0.15) is 0 Å². The van der Waals surface area contributed by atoms with Crippen molar-refractivity contribution in [3.63, 3.8) is 0 Å². The number of amides is 1. The molecule has 0 aliphatic heterocycles. The second-order valence-electron chi connectivity index (χ2n) is 3.83. The van der Waals surface area contributed by atoms with Crippen LogP contribution >= 0.6 is 23.1 Å². The number of thioether (sulfide) groups is 1. The number of anilines is 1. The Morgan fingerprint density at radius 2 is 2.21 bits per heavy atom. The van der Waals surface area contributed by atoms with Crippen LogP contribution in [0.2, 0.25) is 0 Å². The maximum absolute atomic E-state index is 11.9. The predicted molar refractivity (Wildman–Crippen MR) is 74.6 cm³/mol. The molecule has 2 rings (SSSR count). The van der Waals surface area contributed by atoms with Gasteiger partial charge in [-0.15, -0.1) is 10.2 Å². The monoisotopic (exact) mass is 298 g/mol. The summed E-state index contributed by atoms with van der Waals surface area (Å²) in [6.45, 7) is 5.66. The summed E-state index contributed by atoms with van der Waals surface area (Å²) in [5.41, 5.74) is 1.57. The quantitative estimate of drug-likeness (QED) is 0.674. The predicted octanol–water partition coefficient (Wildman–Crippen LogP) is 2.44. The molecule has 102 valence electrons. The maximum Gasteiger partial charge on any atom is 0.230 e. The Labute approximate surface area is 119 Å². The van der Waals surface area contributed by atoms with E-state index in [-0.39, 0.29) is 12.3 Å². The Bertz CT molecular complexity index is 560. The lowest BCUT2D eigenvalue weighted by molar-refractivity contribution is -0.115. The lowest BCUT2D eigenvalue weighted by Gasteiger charge is -2.00. The van der Waals surface area contributed by atoms with Crippen LogP contribution in [0.3, 0.4) is 0 Å². The third kappa shape index (κ3) is 3.54. The fourth-order valence-corrected chi connectivity index (χ4v) is 3.19. The van der Waals surface area contributed by atoms with Gasteiger partial charge in [0, 0.05) is 5.56 Å². The lowest BCUT2D eigenvalue weighted by atomic mass is 10.1. The molecule has 0 atom stereocenters. The molecule has 6 nitrogen and oxygen atoms in total. The molecule has 0 fully saturated rings. The first-order valence-corrected chi connectivity index (χ1v) is 7.58. The van der Waals surface area contributed by atoms with E-state index in [0.717, 1.165) is 21.3 Å². The van der Waals surface area contributed by atoms with Crippen molar-refractivity contribution in [1.29, 1.82) is 0 Å². The maximum atomic E-state index is 11.9. The van der Waals surface area contributed by atoms with Crippen molar-refractivity contribution < 1.29 is 9.32 Å². The zero-order chi connectivity index (χ0) is 13.8. The molecule has 0 spiro atoms. The molecule has 8 heteroatoms. The number of rotatable bonds is 5. The molecular weight excluding hydrogens is 284 g/mol. The van der Waals surface area contributed by atoms with Gasteiger partial charge in [0.2, 0.25) is 11.0 Å². The summed E-state index contributed by atoms with van der Waals surface area (Å²) in [6, 6.07) is 0. The van der Waals surface area contributed by atoms with Gasteiger partial charge in [0.25, 0.3) is 0 Å². The minimum absolute atomic E-state index is 0.140. The third-order valence-electron chi connectivity index (χ3n) is 2.44. The molecule has 1 amide bonds. The van der Waals surface area contributed by atoms with Gasteiger partial charge >= 0.3 is 0 Å². The largest absolute Gasteiger partial charge is 0.361 e. The molecule has 2 heterocycles. The van der Waals surface area contributed by atoms with E-state index in [9.17, 15) is 4.79 Å². The second kappa shape index (κ2) is 6.16. The first-order chi connectivity index (χ1) is 9.10. The number of nitrogens with zero attached hydrogens (tertiary/aromatic N) is 3. The number of carbonyl (C=O) groups excluding carboxylic acids is 1. The van der Waals surface area contributed by atoms with Crippen LogP contribution in [0.4, 0.5) is 5.13 Å². The first kappa shape index (κ1) is 14.0. The van der Waals surface area contributed by atoms with Crippen LogP contribution in [0.25, 0.3) is 0 Å². The molecule has 0 aliphatic rings. The molecule has 0 saturated carbocycles. The lowest BCUT2D eigenvalue weighted by Crippen LogP contribution is -2.15. The zero-order valence-corrected chi connectivity index (χ0v) is 12.5. The normalized spacial score (nSPS) is 10.7. The Morgan fingerprint density at radius 1 is 1.42 bits per heavy atom. The molecule has 0 aromatic carbocycles. The summed E-state index contributed by atoms with van der Waals surface area (Å²) in [5.74, 6) is 1.47. The summed E-state index contributed by atoms with van der Waals surface area (Å²) in [6.07, 6.45) is 0.233. The Morgan fingerprint density at radius 3 is 2.84 bits per heavy atom. The number of nitrogens with one attached hydrogen (secondary N) is 1. The van der Waals surface area contributed by atoms with Gasteiger partial charge in [-0.3, -0.25) is 4.79 Å². The highest BCUT2D eigenvalue weighted by Gasteiger charge is 2.15. The van der Waals surface area contributed by atoms with Crippen LogP contribution in [0.5, 0.6) is 0 Å². The highest BCUT2D eigenvalue weighted by Crippen LogP contribution is 2.25. The number of aryl methyl sites for hydroxylation is 2. The second-order valence-corrected chi connectivity index (χ2v) is 6.32. The average molecular weight is 298 g/mol. The minimum atomic E-state index is -0.140. The molecule has 0 aliphatic carbocycles. The molecule has 0 bridgehead atoms. The summed E-state index contributed by atoms with van der Waals surface area (Å²) < 4.78 is 5.88. The standard InChI is InChI=1S/C11H14N4O2S2/c1-4-18-11-14-13-10(19-11)12-9(16)5-8-6(2)15-17-7(8)3/h4-5H2,1-3H3,(H,12,13,16). The molecule has 0 saturated heterocycles. The van der Waals surface area contributed by atoms with Gasteiger partial charge in [0.1, 0.15) is 5.76 Å². The van der Waals surface area contributed by atoms with Gasteiger partial charge in [-0.05, 0) is 19.6 Å². The summed E-state index contributed by atoms with van der Waals surface area (Å²) in [7, 11) is 0. The zero-order valence-electron chi connectivity index (χ0n) is 10.9. The van der Waals surface area contributed by atoms with Crippen molar-refractivity contribution in [2.45, 2.75) is 31.5 Å². The third-order valence-corrected chi connectivity index (χ3v) is 4.29.